The third-order valence-corrected chi connectivity index (χ3v) is 3.36. The van der Waals surface area contributed by atoms with Crippen LogP contribution in [0.15, 0.2) is 36.4 Å². The van der Waals surface area contributed by atoms with Crippen LogP contribution in [0, 0.1) is 0 Å². The van der Waals surface area contributed by atoms with Gasteiger partial charge in [-0.15, -0.1) is 0 Å². The van der Waals surface area contributed by atoms with E-state index in [9.17, 15) is 0 Å². The highest BCUT2D eigenvalue weighted by molar-refractivity contribution is 5.87. The lowest BCUT2D eigenvalue weighted by atomic mass is 10.0. The van der Waals surface area contributed by atoms with Crippen LogP contribution in [0.5, 0.6) is 5.75 Å². The molecular weight excluding hydrogens is 266 g/mol. The molecular formula is C17H23NO3. The Morgan fingerprint density at radius 2 is 1.95 bits per heavy atom. The van der Waals surface area contributed by atoms with E-state index in [4.69, 9.17) is 14.6 Å². The van der Waals surface area contributed by atoms with Crippen molar-refractivity contribution in [2.24, 2.45) is 0 Å². The lowest BCUT2D eigenvalue weighted by Gasteiger charge is -2.15. The van der Waals surface area contributed by atoms with Crippen molar-refractivity contribution in [3.05, 3.63) is 42.0 Å². The highest BCUT2D eigenvalue weighted by Gasteiger charge is 2.08. The van der Waals surface area contributed by atoms with Crippen LogP contribution in [0.4, 0.5) is 0 Å². The molecule has 0 fully saturated rings. The van der Waals surface area contributed by atoms with E-state index in [1.54, 1.807) is 7.11 Å². The summed E-state index contributed by atoms with van der Waals surface area (Å²) in [6.45, 7) is 2.84. The maximum Gasteiger partial charge on any atom is 0.124 e. The van der Waals surface area contributed by atoms with E-state index in [-0.39, 0.29) is 6.61 Å². The third-order valence-electron chi connectivity index (χ3n) is 3.36. The average molecular weight is 289 g/mol. The summed E-state index contributed by atoms with van der Waals surface area (Å²) in [4.78, 5) is 0. The lowest BCUT2D eigenvalue weighted by molar-refractivity contribution is 0.146. The smallest absolute Gasteiger partial charge is 0.124 e. The number of nitrogens with one attached hydrogen (secondary N) is 1. The van der Waals surface area contributed by atoms with Crippen molar-refractivity contribution in [3.63, 3.8) is 0 Å². The number of methoxy groups -OCH3 is 1. The minimum atomic E-state index is 0.208. The van der Waals surface area contributed by atoms with E-state index < -0.39 is 0 Å². The van der Waals surface area contributed by atoms with Gasteiger partial charge in [0.15, 0.2) is 0 Å². The van der Waals surface area contributed by atoms with Crippen LogP contribution in [-0.2, 0) is 11.3 Å². The second-order valence-electron chi connectivity index (χ2n) is 4.86. The van der Waals surface area contributed by atoms with E-state index in [2.05, 4.69) is 23.5 Å². The molecule has 0 bridgehead atoms. The molecule has 0 spiro atoms. The SMILES string of the molecule is COCCOc1ccc2ccccc2c1CNCCCO. The first-order chi connectivity index (χ1) is 10.4. The summed E-state index contributed by atoms with van der Waals surface area (Å²) in [5, 5.41) is 14.6. The van der Waals surface area contributed by atoms with E-state index in [0.29, 0.717) is 13.2 Å². The van der Waals surface area contributed by atoms with Crippen LogP contribution in [0.3, 0.4) is 0 Å². The maximum atomic E-state index is 8.85. The van der Waals surface area contributed by atoms with Gasteiger partial charge >= 0.3 is 0 Å². The van der Waals surface area contributed by atoms with Crippen LogP contribution in [-0.4, -0.2) is 38.6 Å². The van der Waals surface area contributed by atoms with Crippen molar-refractivity contribution >= 4 is 10.8 Å². The quantitative estimate of drug-likeness (QED) is 0.696. The Morgan fingerprint density at radius 3 is 2.76 bits per heavy atom. The van der Waals surface area contributed by atoms with Crippen molar-refractivity contribution in [2.75, 3.05) is 33.5 Å². The molecule has 0 amide bonds. The van der Waals surface area contributed by atoms with Gasteiger partial charge in [-0.1, -0.05) is 30.3 Å². The normalized spacial score (nSPS) is 11.0. The first-order valence-electron chi connectivity index (χ1n) is 7.30. The number of aliphatic hydroxyl groups excluding tert-OH is 1. The van der Waals surface area contributed by atoms with Crippen molar-refractivity contribution in [1.29, 1.82) is 0 Å². The zero-order chi connectivity index (χ0) is 14.9. The molecule has 0 aliphatic heterocycles. The van der Waals surface area contributed by atoms with Crippen LogP contribution in [0.1, 0.15) is 12.0 Å². The van der Waals surface area contributed by atoms with Gasteiger partial charge in [0.05, 0.1) is 6.61 Å². The molecule has 2 rings (SSSR count). The number of hydrogen-bond acceptors (Lipinski definition) is 4. The third kappa shape index (κ3) is 4.43. The first kappa shape index (κ1) is 15.8. The maximum absolute atomic E-state index is 8.85. The molecule has 0 saturated heterocycles. The lowest BCUT2D eigenvalue weighted by Crippen LogP contribution is -2.17. The highest BCUT2D eigenvalue weighted by atomic mass is 16.5. The summed E-state index contributed by atoms with van der Waals surface area (Å²) in [5.41, 5.74) is 1.15. The van der Waals surface area contributed by atoms with Gasteiger partial charge in [0.1, 0.15) is 12.4 Å². The standard InChI is InChI=1S/C17H23NO3/c1-20-11-12-21-17-8-7-14-5-2-3-6-15(14)16(17)13-18-9-4-10-19/h2-3,5-8,18-19H,4,9-13H2,1H3. The molecule has 0 radical (unpaired) electrons. The molecule has 114 valence electrons. The molecule has 4 heteroatoms. The summed E-state index contributed by atoms with van der Waals surface area (Å²) in [6.07, 6.45) is 0.755. The van der Waals surface area contributed by atoms with E-state index >= 15 is 0 Å². The van der Waals surface area contributed by atoms with Crippen molar-refractivity contribution < 1.29 is 14.6 Å². The summed E-state index contributed by atoms with van der Waals surface area (Å²) in [5.74, 6) is 0.891. The fourth-order valence-electron chi connectivity index (χ4n) is 2.29. The molecule has 21 heavy (non-hydrogen) atoms. The fourth-order valence-corrected chi connectivity index (χ4v) is 2.29. The highest BCUT2D eigenvalue weighted by Crippen LogP contribution is 2.28. The minimum absolute atomic E-state index is 0.208. The molecule has 2 aromatic rings. The van der Waals surface area contributed by atoms with Crippen LogP contribution >= 0.6 is 0 Å². The van der Waals surface area contributed by atoms with Gasteiger partial charge in [0.2, 0.25) is 0 Å². The Kier molecular flexibility index (Phi) is 6.47. The van der Waals surface area contributed by atoms with Crippen molar-refractivity contribution in [3.8, 4) is 5.75 Å². The predicted octanol–water partition coefficient (Wildman–Crippen LogP) is 2.34. The predicted molar refractivity (Wildman–Crippen MR) is 84.7 cm³/mol. The Morgan fingerprint density at radius 1 is 1.10 bits per heavy atom. The molecule has 2 N–H and O–H groups in total. The molecule has 0 saturated carbocycles. The second kappa shape index (κ2) is 8.62. The van der Waals surface area contributed by atoms with E-state index in [0.717, 1.165) is 30.8 Å². The average Bonchev–Trinajstić information content (AvgIpc) is 2.53. The molecule has 4 nitrogen and oxygen atoms in total. The molecule has 0 heterocycles. The van der Waals surface area contributed by atoms with Crippen LogP contribution < -0.4 is 10.1 Å². The van der Waals surface area contributed by atoms with Crippen molar-refractivity contribution in [2.45, 2.75) is 13.0 Å². The Labute approximate surface area is 125 Å². The molecule has 0 unspecified atom stereocenters. The number of rotatable bonds is 9. The number of hydrogen-bond donors (Lipinski definition) is 2. The first-order valence-corrected chi connectivity index (χ1v) is 7.30. The fraction of sp³-hybridized carbons (Fsp3) is 0.412. The van der Waals surface area contributed by atoms with Gasteiger partial charge in [-0.3, -0.25) is 0 Å². The number of ether oxygens (including phenoxy) is 2. The zero-order valence-corrected chi connectivity index (χ0v) is 12.5. The van der Waals surface area contributed by atoms with Crippen LogP contribution in [0.2, 0.25) is 0 Å². The summed E-state index contributed by atoms with van der Waals surface area (Å²) >= 11 is 0. The van der Waals surface area contributed by atoms with E-state index in [1.165, 1.54) is 10.8 Å². The zero-order valence-electron chi connectivity index (χ0n) is 12.5. The Bertz CT molecular complexity index is 557. The number of benzene rings is 2. The minimum Gasteiger partial charge on any atom is -0.491 e. The topological polar surface area (TPSA) is 50.7 Å². The van der Waals surface area contributed by atoms with Gasteiger partial charge in [-0.2, -0.15) is 0 Å². The molecule has 0 aromatic heterocycles. The summed E-state index contributed by atoms with van der Waals surface area (Å²) < 4.78 is 10.9. The van der Waals surface area contributed by atoms with Gasteiger partial charge in [0, 0.05) is 25.8 Å². The molecule has 0 atom stereocenters. The summed E-state index contributed by atoms with van der Waals surface area (Å²) in [7, 11) is 1.67. The molecule has 0 aliphatic rings. The van der Waals surface area contributed by atoms with Gasteiger partial charge in [0.25, 0.3) is 0 Å². The van der Waals surface area contributed by atoms with E-state index in [1.807, 2.05) is 18.2 Å². The second-order valence-corrected chi connectivity index (χ2v) is 4.86. The number of aliphatic hydroxyl groups is 1. The molecule has 2 aromatic carbocycles. The Hall–Kier alpha value is -1.62. The monoisotopic (exact) mass is 289 g/mol. The molecule has 0 aliphatic carbocycles. The Balaban J connectivity index is 2.19. The number of fused-ring (bicyclic) bond motifs is 1. The van der Waals surface area contributed by atoms with Crippen molar-refractivity contribution in [1.82, 2.24) is 5.32 Å². The largest absolute Gasteiger partial charge is 0.491 e. The summed E-state index contributed by atoms with van der Waals surface area (Å²) in [6, 6.07) is 12.4. The van der Waals surface area contributed by atoms with Crippen LogP contribution in [0.25, 0.3) is 10.8 Å². The van der Waals surface area contributed by atoms with Gasteiger partial charge in [-0.05, 0) is 29.8 Å². The van der Waals surface area contributed by atoms with Gasteiger partial charge < -0.3 is 19.9 Å². The van der Waals surface area contributed by atoms with Gasteiger partial charge in [-0.25, -0.2) is 0 Å².